The number of methoxy groups -OCH3 is 1. The normalized spacial score (nSPS) is 12.1. The molecule has 0 saturated heterocycles. The summed E-state index contributed by atoms with van der Waals surface area (Å²) in [6.45, 7) is 0. The first-order valence-electron chi connectivity index (χ1n) is 4.07. The highest BCUT2D eigenvalue weighted by Gasteiger charge is 2.05. The molecule has 0 saturated carbocycles. The van der Waals surface area contributed by atoms with Gasteiger partial charge in [0.15, 0.2) is 11.1 Å². The summed E-state index contributed by atoms with van der Waals surface area (Å²) in [4.78, 5) is 10.9. The Morgan fingerprint density at radius 2 is 2.27 bits per heavy atom. The average Bonchev–Trinajstić information content (AvgIpc) is 2.17. The van der Waals surface area contributed by atoms with Gasteiger partial charge in [0.1, 0.15) is 0 Å². The van der Waals surface area contributed by atoms with Crippen molar-refractivity contribution < 1.29 is 18.3 Å². The lowest BCUT2D eigenvalue weighted by molar-refractivity contribution is -0.139. The third-order valence-corrected chi connectivity index (χ3v) is 2.54. The van der Waals surface area contributed by atoms with E-state index in [1.807, 2.05) is 0 Å². The average molecular weight is 228 g/mol. The maximum atomic E-state index is 10.9. The Labute approximate surface area is 89.5 Å². The van der Waals surface area contributed by atoms with E-state index in [0.29, 0.717) is 5.56 Å². The van der Waals surface area contributed by atoms with E-state index in [0.717, 1.165) is 0 Å². The smallest absolute Gasteiger partial charge is 0.309 e. The van der Waals surface area contributed by atoms with Crippen LogP contribution in [0.3, 0.4) is 0 Å². The van der Waals surface area contributed by atoms with E-state index in [1.54, 1.807) is 0 Å². The maximum absolute atomic E-state index is 10.9. The van der Waals surface area contributed by atoms with Gasteiger partial charge in [-0.25, -0.2) is 4.21 Å². The van der Waals surface area contributed by atoms with E-state index in [9.17, 15) is 9.00 Å². The Bertz CT molecular complexity index is 405. The molecule has 15 heavy (non-hydrogen) atoms. The van der Waals surface area contributed by atoms with Gasteiger partial charge >= 0.3 is 5.97 Å². The van der Waals surface area contributed by atoms with Crippen molar-refractivity contribution in [3.8, 4) is 0 Å². The van der Waals surface area contributed by atoms with Crippen LogP contribution in [0.5, 0.6) is 0 Å². The predicted molar refractivity (Wildman–Crippen MR) is 55.2 cm³/mol. The van der Waals surface area contributed by atoms with Crippen LogP contribution in [0, 0.1) is 0 Å². The van der Waals surface area contributed by atoms with Crippen molar-refractivity contribution >= 4 is 22.7 Å². The number of carbonyl (C=O) groups is 1. The molecule has 0 fully saturated rings. The van der Waals surface area contributed by atoms with Crippen molar-refractivity contribution in [3.05, 3.63) is 29.5 Å². The van der Waals surface area contributed by atoms with E-state index in [-0.39, 0.29) is 17.0 Å². The number of hydrogen-bond donors (Lipinski definition) is 1. The SMILES string of the molecule is COC(=O)Cc1ccc(S(=O)O)c([NH-])c1. The molecule has 0 radical (unpaired) electrons. The second-order valence-electron chi connectivity index (χ2n) is 2.83. The van der Waals surface area contributed by atoms with Crippen molar-refractivity contribution in [1.29, 1.82) is 0 Å². The monoisotopic (exact) mass is 228 g/mol. The zero-order chi connectivity index (χ0) is 11.4. The van der Waals surface area contributed by atoms with Crippen LogP contribution < -0.4 is 0 Å². The summed E-state index contributed by atoms with van der Waals surface area (Å²) in [6, 6.07) is 4.26. The number of hydrogen-bond acceptors (Lipinski definition) is 3. The van der Waals surface area contributed by atoms with Crippen molar-refractivity contribution in [2.24, 2.45) is 0 Å². The first-order chi connectivity index (χ1) is 7.04. The second-order valence-corrected chi connectivity index (χ2v) is 3.77. The Morgan fingerprint density at radius 1 is 1.60 bits per heavy atom. The molecule has 0 amide bonds. The predicted octanol–water partition coefficient (Wildman–Crippen LogP) is 1.67. The maximum Gasteiger partial charge on any atom is 0.309 e. The summed E-state index contributed by atoms with van der Waals surface area (Å²) < 4.78 is 24.0. The van der Waals surface area contributed by atoms with Gasteiger partial charge in [-0.2, -0.15) is 0 Å². The number of nitrogens with one attached hydrogen (secondary N) is 1. The lowest BCUT2D eigenvalue weighted by Gasteiger charge is -2.10. The summed E-state index contributed by atoms with van der Waals surface area (Å²) in [7, 11) is 1.28. The number of benzene rings is 1. The highest BCUT2D eigenvalue weighted by Crippen LogP contribution is 2.22. The fourth-order valence-electron chi connectivity index (χ4n) is 1.08. The van der Waals surface area contributed by atoms with Crippen LogP contribution >= 0.6 is 0 Å². The van der Waals surface area contributed by atoms with E-state index in [1.165, 1.54) is 25.3 Å². The Hall–Kier alpha value is -1.40. The molecule has 0 spiro atoms. The van der Waals surface area contributed by atoms with Gasteiger partial charge in [0.2, 0.25) is 0 Å². The standard InChI is InChI=1S/C9H10NO4S/c1-14-9(11)5-6-2-3-8(15(12)13)7(10)4-6/h2-4,10H,5H2,1H3,(H,12,13)/q-1. The highest BCUT2D eigenvalue weighted by molar-refractivity contribution is 7.79. The summed E-state index contributed by atoms with van der Waals surface area (Å²) in [5.41, 5.74) is 7.96. The Kier molecular flexibility index (Phi) is 3.81. The number of ether oxygens (including phenoxy) is 1. The minimum atomic E-state index is -2.17. The number of rotatable bonds is 3. The van der Waals surface area contributed by atoms with E-state index >= 15 is 0 Å². The molecule has 1 aromatic carbocycles. The van der Waals surface area contributed by atoms with Crippen molar-refractivity contribution in [2.75, 3.05) is 7.11 Å². The second kappa shape index (κ2) is 4.90. The van der Waals surface area contributed by atoms with Gasteiger partial charge in [-0.15, -0.1) is 5.69 Å². The summed E-state index contributed by atoms with van der Waals surface area (Å²) >= 11 is -2.17. The largest absolute Gasteiger partial charge is 0.698 e. The van der Waals surface area contributed by atoms with Gasteiger partial charge in [-0.3, -0.25) is 4.79 Å². The van der Waals surface area contributed by atoms with Crippen molar-refractivity contribution in [1.82, 2.24) is 0 Å². The third-order valence-electron chi connectivity index (χ3n) is 1.81. The minimum absolute atomic E-state index is 0.0311. The minimum Gasteiger partial charge on any atom is -0.698 e. The molecule has 1 rings (SSSR count). The fraction of sp³-hybridized carbons (Fsp3) is 0.222. The molecule has 0 aliphatic heterocycles. The molecular formula is C9H10NO4S-. The molecule has 0 aliphatic carbocycles. The van der Waals surface area contributed by atoms with Crippen LogP contribution in [0.4, 0.5) is 5.69 Å². The molecule has 2 N–H and O–H groups in total. The zero-order valence-electron chi connectivity index (χ0n) is 8.02. The van der Waals surface area contributed by atoms with Crippen LogP contribution in [0.25, 0.3) is 5.73 Å². The first-order valence-corrected chi connectivity index (χ1v) is 5.17. The van der Waals surface area contributed by atoms with E-state index in [4.69, 9.17) is 10.3 Å². The van der Waals surface area contributed by atoms with Gasteiger partial charge in [0, 0.05) is 0 Å². The zero-order valence-corrected chi connectivity index (χ0v) is 8.84. The topological polar surface area (TPSA) is 87.4 Å². The molecule has 1 atom stereocenters. The van der Waals surface area contributed by atoms with Gasteiger partial charge in [0.05, 0.1) is 18.4 Å². The lowest BCUT2D eigenvalue weighted by Crippen LogP contribution is -2.04. The molecule has 0 heterocycles. The van der Waals surface area contributed by atoms with E-state index < -0.39 is 17.0 Å². The van der Waals surface area contributed by atoms with Crippen molar-refractivity contribution in [3.63, 3.8) is 0 Å². The van der Waals surface area contributed by atoms with Gasteiger partial charge in [0.25, 0.3) is 0 Å². The summed E-state index contributed by atoms with van der Waals surface area (Å²) in [5.74, 6) is -0.410. The lowest BCUT2D eigenvalue weighted by atomic mass is 10.1. The van der Waals surface area contributed by atoms with Crippen LogP contribution in [0.2, 0.25) is 0 Å². The van der Waals surface area contributed by atoms with Crippen LogP contribution in [-0.4, -0.2) is 21.8 Å². The molecule has 1 unspecified atom stereocenters. The summed E-state index contributed by atoms with van der Waals surface area (Å²) in [6.07, 6.45) is 0.0563. The van der Waals surface area contributed by atoms with Crippen LogP contribution in [0.15, 0.2) is 23.1 Å². The van der Waals surface area contributed by atoms with Crippen LogP contribution in [0.1, 0.15) is 5.56 Å². The van der Waals surface area contributed by atoms with Crippen LogP contribution in [-0.2, 0) is 27.0 Å². The number of carbonyl (C=O) groups excluding carboxylic acids is 1. The molecule has 0 bridgehead atoms. The molecule has 6 heteroatoms. The fourth-order valence-corrected chi connectivity index (χ4v) is 1.51. The molecular weight excluding hydrogens is 218 g/mol. The van der Waals surface area contributed by atoms with Gasteiger partial charge < -0.3 is 15.0 Å². The molecule has 82 valence electrons. The molecule has 0 aliphatic rings. The Balaban J connectivity index is 2.91. The van der Waals surface area contributed by atoms with Gasteiger partial charge in [-0.1, -0.05) is 12.1 Å². The van der Waals surface area contributed by atoms with E-state index in [2.05, 4.69) is 4.74 Å². The Morgan fingerprint density at radius 3 is 2.73 bits per heavy atom. The number of esters is 1. The van der Waals surface area contributed by atoms with Crippen molar-refractivity contribution in [2.45, 2.75) is 11.3 Å². The molecule has 1 aromatic rings. The highest BCUT2D eigenvalue weighted by atomic mass is 32.2. The third kappa shape index (κ3) is 3.03. The molecule has 5 nitrogen and oxygen atoms in total. The van der Waals surface area contributed by atoms with Gasteiger partial charge in [-0.05, 0) is 11.6 Å². The molecule has 0 aromatic heterocycles. The first kappa shape index (κ1) is 11.7. The summed E-state index contributed by atoms with van der Waals surface area (Å²) in [5, 5.41) is 0. The quantitative estimate of drug-likeness (QED) is 0.629.